The van der Waals surface area contributed by atoms with Crippen LogP contribution in [0.25, 0.3) is 10.4 Å². The van der Waals surface area contributed by atoms with Gasteiger partial charge in [-0.15, -0.1) is 11.3 Å². The summed E-state index contributed by atoms with van der Waals surface area (Å²) >= 11 is 1.69. The monoisotopic (exact) mass is 384 g/mol. The van der Waals surface area contributed by atoms with Gasteiger partial charge in [0, 0.05) is 24.6 Å². The molecule has 2 aromatic rings. The highest BCUT2D eigenvalue weighted by Gasteiger charge is 2.46. The smallest absolute Gasteiger partial charge is 0.251 e. The first-order valence-electron chi connectivity index (χ1n) is 9.41. The van der Waals surface area contributed by atoms with Gasteiger partial charge in [0.05, 0.1) is 5.41 Å². The Balaban J connectivity index is 1.53. The molecule has 0 saturated carbocycles. The summed E-state index contributed by atoms with van der Waals surface area (Å²) in [6.45, 7) is 1.58. The average Bonchev–Trinajstić information content (AvgIpc) is 3.42. The number of hydrogen-bond donors (Lipinski definition) is 1. The second-order valence-corrected chi connectivity index (χ2v) is 8.46. The highest BCUT2D eigenvalue weighted by atomic mass is 32.1. The van der Waals surface area contributed by atoms with Gasteiger partial charge in [0.1, 0.15) is 6.10 Å². The summed E-state index contributed by atoms with van der Waals surface area (Å²) in [5.41, 5.74) is 7.34. The number of rotatable bonds is 5. The molecule has 0 spiro atoms. The molecule has 2 aliphatic rings. The number of benzene rings is 1. The van der Waals surface area contributed by atoms with Gasteiger partial charge < -0.3 is 15.4 Å². The second kappa shape index (κ2) is 7.44. The number of ether oxygens (including phenoxy) is 1. The lowest BCUT2D eigenvalue weighted by Gasteiger charge is -2.27. The molecule has 3 heterocycles. The third-order valence-electron chi connectivity index (χ3n) is 5.67. The van der Waals surface area contributed by atoms with E-state index in [4.69, 9.17) is 10.5 Å². The van der Waals surface area contributed by atoms with Crippen molar-refractivity contribution in [3.63, 3.8) is 0 Å². The number of carbonyl (C=O) groups is 2. The van der Waals surface area contributed by atoms with Gasteiger partial charge in [-0.3, -0.25) is 9.59 Å². The fraction of sp³-hybridized carbons (Fsp3) is 0.429. The lowest BCUT2D eigenvalue weighted by Crippen LogP contribution is -2.44. The minimum Gasteiger partial charge on any atom is -0.369 e. The van der Waals surface area contributed by atoms with Gasteiger partial charge in [0.2, 0.25) is 5.91 Å². The number of primary amides is 1. The zero-order valence-electron chi connectivity index (χ0n) is 15.2. The first kappa shape index (κ1) is 18.2. The Morgan fingerprint density at radius 1 is 1.30 bits per heavy atom. The fourth-order valence-corrected chi connectivity index (χ4v) is 4.86. The Morgan fingerprint density at radius 3 is 2.89 bits per heavy atom. The molecule has 0 bridgehead atoms. The number of carbonyl (C=O) groups excluding carboxylic acids is 2. The molecule has 2 unspecified atom stereocenters. The van der Waals surface area contributed by atoms with Gasteiger partial charge in [-0.2, -0.15) is 0 Å². The van der Waals surface area contributed by atoms with Crippen molar-refractivity contribution in [2.45, 2.75) is 31.8 Å². The minimum absolute atomic E-state index is 0.00274. The third-order valence-corrected chi connectivity index (χ3v) is 6.59. The van der Waals surface area contributed by atoms with Crippen LogP contribution >= 0.6 is 11.3 Å². The molecule has 2 fully saturated rings. The van der Waals surface area contributed by atoms with Gasteiger partial charge in [-0.1, -0.05) is 30.3 Å². The molecular weight excluding hydrogens is 360 g/mol. The van der Waals surface area contributed by atoms with Crippen molar-refractivity contribution in [2.24, 2.45) is 11.1 Å². The van der Waals surface area contributed by atoms with Crippen LogP contribution < -0.4 is 5.73 Å². The van der Waals surface area contributed by atoms with E-state index in [9.17, 15) is 9.59 Å². The van der Waals surface area contributed by atoms with E-state index in [0.717, 1.165) is 24.0 Å². The fourth-order valence-electron chi connectivity index (χ4n) is 4.14. The summed E-state index contributed by atoms with van der Waals surface area (Å²) in [6, 6.07) is 12.4. The zero-order chi connectivity index (χ0) is 18.9. The Hall–Kier alpha value is -2.18. The van der Waals surface area contributed by atoms with Crippen LogP contribution in [-0.2, 0) is 20.7 Å². The highest BCUT2D eigenvalue weighted by molar-refractivity contribution is 7.13. The lowest BCUT2D eigenvalue weighted by atomic mass is 9.80. The van der Waals surface area contributed by atoms with E-state index < -0.39 is 5.41 Å². The molecule has 2 aliphatic heterocycles. The van der Waals surface area contributed by atoms with Crippen molar-refractivity contribution in [3.8, 4) is 10.4 Å². The largest absolute Gasteiger partial charge is 0.369 e. The molecule has 4 rings (SSSR count). The summed E-state index contributed by atoms with van der Waals surface area (Å²) in [7, 11) is 0. The quantitative estimate of drug-likeness (QED) is 0.862. The van der Waals surface area contributed by atoms with Crippen molar-refractivity contribution in [1.29, 1.82) is 0 Å². The number of hydrogen-bond acceptors (Lipinski definition) is 4. The Bertz CT molecular complexity index is 830. The molecule has 5 nitrogen and oxygen atoms in total. The van der Waals surface area contributed by atoms with Crippen LogP contribution in [0, 0.1) is 5.41 Å². The van der Waals surface area contributed by atoms with Crippen LogP contribution in [0.15, 0.2) is 41.8 Å². The minimum atomic E-state index is -0.706. The molecule has 27 heavy (non-hydrogen) atoms. The number of nitrogens with zero attached hydrogens (tertiary/aromatic N) is 1. The Morgan fingerprint density at radius 2 is 2.19 bits per heavy atom. The molecule has 2 atom stereocenters. The first-order chi connectivity index (χ1) is 13.1. The SMILES string of the molecule is NC(=O)C1(Cc2cccc(-c3cccs3)c2)CCN(C(=O)C2CCCO2)C1. The van der Waals surface area contributed by atoms with E-state index in [0.29, 0.717) is 32.5 Å². The van der Waals surface area contributed by atoms with Crippen LogP contribution in [0.4, 0.5) is 0 Å². The third kappa shape index (κ3) is 3.64. The molecule has 0 radical (unpaired) electrons. The summed E-state index contributed by atoms with van der Waals surface area (Å²) in [5, 5.41) is 2.05. The van der Waals surface area contributed by atoms with Crippen LogP contribution in [0.5, 0.6) is 0 Å². The number of likely N-dealkylation sites (tertiary alicyclic amines) is 1. The van der Waals surface area contributed by atoms with Crippen molar-refractivity contribution in [2.75, 3.05) is 19.7 Å². The topological polar surface area (TPSA) is 72.6 Å². The van der Waals surface area contributed by atoms with Crippen molar-refractivity contribution >= 4 is 23.2 Å². The maximum absolute atomic E-state index is 12.7. The van der Waals surface area contributed by atoms with Gasteiger partial charge in [-0.25, -0.2) is 0 Å². The molecule has 6 heteroatoms. The van der Waals surface area contributed by atoms with Gasteiger partial charge in [0.15, 0.2) is 0 Å². The first-order valence-corrected chi connectivity index (χ1v) is 10.3. The molecule has 142 valence electrons. The molecule has 1 aromatic heterocycles. The number of amides is 2. The predicted molar refractivity (Wildman–Crippen MR) is 105 cm³/mol. The van der Waals surface area contributed by atoms with Gasteiger partial charge in [0.25, 0.3) is 5.91 Å². The van der Waals surface area contributed by atoms with E-state index in [1.165, 1.54) is 4.88 Å². The summed E-state index contributed by atoms with van der Waals surface area (Å²) in [6.07, 6.45) is 2.49. The molecule has 2 saturated heterocycles. The van der Waals surface area contributed by atoms with Gasteiger partial charge >= 0.3 is 0 Å². The predicted octanol–water partition coefficient (Wildman–Crippen LogP) is 2.84. The molecule has 2 amide bonds. The zero-order valence-corrected chi connectivity index (χ0v) is 16.0. The van der Waals surface area contributed by atoms with E-state index in [-0.39, 0.29) is 17.9 Å². The number of nitrogens with two attached hydrogens (primary N) is 1. The van der Waals surface area contributed by atoms with Crippen molar-refractivity contribution in [3.05, 3.63) is 47.3 Å². The van der Waals surface area contributed by atoms with E-state index in [1.54, 1.807) is 16.2 Å². The van der Waals surface area contributed by atoms with Crippen molar-refractivity contribution in [1.82, 2.24) is 4.90 Å². The van der Waals surface area contributed by atoms with E-state index in [2.05, 4.69) is 23.6 Å². The summed E-state index contributed by atoms with van der Waals surface area (Å²) in [5.74, 6) is -0.324. The molecule has 2 N–H and O–H groups in total. The molecule has 1 aromatic carbocycles. The molecule has 0 aliphatic carbocycles. The van der Waals surface area contributed by atoms with Crippen LogP contribution in [0.2, 0.25) is 0 Å². The van der Waals surface area contributed by atoms with E-state index in [1.807, 2.05) is 18.2 Å². The standard InChI is InChI=1S/C21H24N2O3S/c22-20(25)21(8-9-23(14-21)19(24)17-6-2-10-26-17)13-15-4-1-5-16(12-15)18-7-3-11-27-18/h1,3-5,7,11-12,17H,2,6,8-10,13-14H2,(H2,22,25). The lowest BCUT2D eigenvalue weighted by molar-refractivity contribution is -0.140. The van der Waals surface area contributed by atoms with E-state index >= 15 is 0 Å². The second-order valence-electron chi connectivity index (χ2n) is 7.51. The molecular formula is C21H24N2O3S. The Kier molecular flexibility index (Phi) is 5.02. The highest BCUT2D eigenvalue weighted by Crippen LogP contribution is 2.36. The summed E-state index contributed by atoms with van der Waals surface area (Å²) < 4.78 is 5.52. The normalized spacial score (nSPS) is 25.0. The van der Waals surface area contributed by atoms with Crippen LogP contribution in [-0.4, -0.2) is 42.5 Å². The van der Waals surface area contributed by atoms with Crippen molar-refractivity contribution < 1.29 is 14.3 Å². The maximum atomic E-state index is 12.7. The van der Waals surface area contributed by atoms with Crippen LogP contribution in [0.3, 0.4) is 0 Å². The Labute approximate surface area is 163 Å². The number of thiophene rings is 1. The summed E-state index contributed by atoms with van der Waals surface area (Å²) in [4.78, 5) is 28.0. The van der Waals surface area contributed by atoms with Crippen LogP contribution in [0.1, 0.15) is 24.8 Å². The average molecular weight is 385 g/mol. The maximum Gasteiger partial charge on any atom is 0.251 e. The van der Waals surface area contributed by atoms with Gasteiger partial charge in [-0.05, 0) is 48.3 Å².